The molecule has 6 nitrogen and oxygen atoms in total. The number of hydrogen-bond donors (Lipinski definition) is 1. The van der Waals surface area contributed by atoms with E-state index in [1.54, 1.807) is 19.1 Å². The monoisotopic (exact) mass is 402 g/mol. The molecule has 2 aromatic carbocycles. The van der Waals surface area contributed by atoms with Gasteiger partial charge >= 0.3 is 5.63 Å². The molecule has 8 heteroatoms. The van der Waals surface area contributed by atoms with Crippen LogP contribution in [0.4, 0.5) is 5.69 Å². The molecule has 0 unspecified atom stereocenters. The summed E-state index contributed by atoms with van der Waals surface area (Å²) in [6.07, 6.45) is 0. The molecular weight excluding hydrogens is 391 g/mol. The van der Waals surface area contributed by atoms with E-state index in [2.05, 4.69) is 5.32 Å². The number of aryl methyl sites for hydroxylation is 1. The molecule has 3 aromatic rings. The van der Waals surface area contributed by atoms with E-state index in [0.29, 0.717) is 22.2 Å². The third-order valence-corrected chi connectivity index (χ3v) is 4.34. The molecule has 0 fully saturated rings. The normalized spacial score (nSPS) is 10.4. The summed E-state index contributed by atoms with van der Waals surface area (Å²) < 4.78 is 10.6. The average Bonchev–Trinajstić information content (AvgIpc) is 2.61. The zero-order chi connectivity index (χ0) is 19.6. The van der Waals surface area contributed by atoms with Crippen LogP contribution in [0.3, 0.4) is 0 Å². The molecular formula is C19H12Cl2N2O4. The minimum absolute atomic E-state index is 0.214. The maximum atomic E-state index is 12.1. The van der Waals surface area contributed by atoms with E-state index >= 15 is 0 Å². The topological polar surface area (TPSA) is 92.3 Å². The summed E-state index contributed by atoms with van der Waals surface area (Å²) >= 11 is 12.1. The Balaban J connectivity index is 1.73. The molecule has 0 aliphatic carbocycles. The van der Waals surface area contributed by atoms with Crippen molar-refractivity contribution >= 4 is 45.8 Å². The number of amides is 1. The minimum Gasteiger partial charge on any atom is -0.482 e. The van der Waals surface area contributed by atoms with E-state index in [-0.39, 0.29) is 22.4 Å². The highest BCUT2D eigenvalue weighted by atomic mass is 35.5. The molecule has 0 spiro atoms. The second kappa shape index (κ2) is 7.70. The van der Waals surface area contributed by atoms with Crippen molar-refractivity contribution in [1.29, 1.82) is 5.26 Å². The van der Waals surface area contributed by atoms with Crippen LogP contribution in [-0.4, -0.2) is 12.5 Å². The fraction of sp³-hybridized carbons (Fsp3) is 0.105. The molecule has 0 saturated heterocycles. The maximum absolute atomic E-state index is 12.1. The molecule has 0 radical (unpaired) electrons. The Kier molecular flexibility index (Phi) is 5.36. The number of anilines is 1. The van der Waals surface area contributed by atoms with E-state index in [9.17, 15) is 9.59 Å². The average molecular weight is 403 g/mol. The van der Waals surface area contributed by atoms with Gasteiger partial charge in [0.15, 0.2) is 6.61 Å². The van der Waals surface area contributed by atoms with Crippen LogP contribution in [0.15, 0.2) is 45.6 Å². The van der Waals surface area contributed by atoms with Crippen LogP contribution in [0, 0.1) is 18.3 Å². The molecule has 1 aromatic heterocycles. The van der Waals surface area contributed by atoms with E-state index in [0.717, 1.165) is 5.56 Å². The Labute approximate surface area is 163 Å². The second-order valence-corrected chi connectivity index (χ2v) is 6.48. The number of nitrogens with one attached hydrogen (secondary N) is 1. The Bertz CT molecular complexity index is 1150. The summed E-state index contributed by atoms with van der Waals surface area (Å²) in [7, 11) is 0. The molecule has 136 valence electrons. The van der Waals surface area contributed by atoms with Crippen molar-refractivity contribution in [2.24, 2.45) is 0 Å². The molecule has 0 saturated carbocycles. The van der Waals surface area contributed by atoms with Crippen molar-refractivity contribution in [3.8, 4) is 11.8 Å². The van der Waals surface area contributed by atoms with Gasteiger partial charge in [-0.15, -0.1) is 0 Å². The Morgan fingerprint density at radius 2 is 2.00 bits per heavy atom. The molecule has 1 heterocycles. The standard InChI is InChI=1S/C19H12Cl2N2O4/c1-10-4-19(25)27-16-7-17(15(21)6-13(10)16)26-9-18(24)23-12-3-2-11(8-22)14(20)5-12/h2-7H,9H2,1H3,(H,23,24). The van der Waals surface area contributed by atoms with Gasteiger partial charge in [-0.3, -0.25) is 4.79 Å². The number of fused-ring (bicyclic) bond motifs is 1. The van der Waals surface area contributed by atoms with Crippen LogP contribution in [0.2, 0.25) is 10.0 Å². The highest BCUT2D eigenvalue weighted by Gasteiger charge is 2.11. The van der Waals surface area contributed by atoms with Crippen LogP contribution < -0.4 is 15.7 Å². The van der Waals surface area contributed by atoms with Gasteiger partial charge in [0.05, 0.1) is 15.6 Å². The fourth-order valence-electron chi connectivity index (χ4n) is 2.45. The van der Waals surface area contributed by atoms with Gasteiger partial charge in [-0.2, -0.15) is 5.26 Å². The lowest BCUT2D eigenvalue weighted by Gasteiger charge is -2.10. The SMILES string of the molecule is Cc1cc(=O)oc2cc(OCC(=O)Nc3ccc(C#N)c(Cl)c3)c(Cl)cc12. The Morgan fingerprint density at radius 1 is 1.22 bits per heavy atom. The van der Waals surface area contributed by atoms with Crippen LogP contribution in [0.5, 0.6) is 5.75 Å². The highest BCUT2D eigenvalue weighted by molar-refractivity contribution is 6.33. The second-order valence-electron chi connectivity index (χ2n) is 5.67. The predicted octanol–water partition coefficient (Wildman–Crippen LogP) is 4.30. The lowest BCUT2D eigenvalue weighted by molar-refractivity contribution is -0.118. The quantitative estimate of drug-likeness (QED) is 0.656. The fourth-order valence-corrected chi connectivity index (χ4v) is 2.90. The van der Waals surface area contributed by atoms with Gasteiger partial charge in [-0.25, -0.2) is 4.79 Å². The molecule has 27 heavy (non-hydrogen) atoms. The van der Waals surface area contributed by atoms with Crippen LogP contribution in [0.1, 0.15) is 11.1 Å². The van der Waals surface area contributed by atoms with Gasteiger partial charge in [-0.05, 0) is 36.8 Å². The summed E-state index contributed by atoms with van der Waals surface area (Å²) in [4.78, 5) is 23.6. The van der Waals surface area contributed by atoms with Crippen molar-refractivity contribution in [2.45, 2.75) is 6.92 Å². The van der Waals surface area contributed by atoms with Crippen molar-refractivity contribution in [3.05, 3.63) is 68.0 Å². The van der Waals surface area contributed by atoms with Crippen molar-refractivity contribution in [1.82, 2.24) is 0 Å². The van der Waals surface area contributed by atoms with Gasteiger partial charge in [-0.1, -0.05) is 23.2 Å². The number of ether oxygens (including phenoxy) is 1. The van der Waals surface area contributed by atoms with E-state index < -0.39 is 11.5 Å². The Hall–Kier alpha value is -3.01. The van der Waals surface area contributed by atoms with Gasteiger partial charge in [0.1, 0.15) is 17.4 Å². The number of halogens is 2. The van der Waals surface area contributed by atoms with E-state index in [4.69, 9.17) is 37.6 Å². The first-order chi connectivity index (χ1) is 12.9. The first-order valence-corrected chi connectivity index (χ1v) is 8.49. The summed E-state index contributed by atoms with van der Waals surface area (Å²) in [6, 6.07) is 10.9. The zero-order valence-corrected chi connectivity index (χ0v) is 15.5. The highest BCUT2D eigenvalue weighted by Crippen LogP contribution is 2.31. The molecule has 0 aliphatic heterocycles. The predicted molar refractivity (Wildman–Crippen MR) is 103 cm³/mol. The molecule has 3 rings (SSSR count). The van der Waals surface area contributed by atoms with Crippen LogP contribution >= 0.6 is 23.2 Å². The summed E-state index contributed by atoms with van der Waals surface area (Å²) in [6.45, 7) is 1.45. The van der Waals surface area contributed by atoms with Crippen LogP contribution in [-0.2, 0) is 4.79 Å². The number of rotatable bonds is 4. The van der Waals surface area contributed by atoms with Gasteiger partial charge in [0.25, 0.3) is 5.91 Å². The summed E-state index contributed by atoms with van der Waals surface area (Å²) in [5.41, 5.74) is 1.30. The third kappa shape index (κ3) is 4.22. The maximum Gasteiger partial charge on any atom is 0.336 e. The number of carbonyl (C=O) groups is 1. The lowest BCUT2D eigenvalue weighted by atomic mass is 10.1. The number of carbonyl (C=O) groups excluding carboxylic acids is 1. The first kappa shape index (κ1) is 18.8. The lowest BCUT2D eigenvalue weighted by Crippen LogP contribution is -2.20. The smallest absolute Gasteiger partial charge is 0.336 e. The third-order valence-electron chi connectivity index (χ3n) is 3.74. The molecule has 1 amide bonds. The van der Waals surface area contributed by atoms with Gasteiger partial charge < -0.3 is 14.5 Å². The van der Waals surface area contributed by atoms with E-state index in [1.165, 1.54) is 24.3 Å². The number of benzene rings is 2. The minimum atomic E-state index is -0.483. The number of nitriles is 1. The molecule has 0 aliphatic rings. The molecule has 0 bridgehead atoms. The summed E-state index contributed by atoms with van der Waals surface area (Å²) in [5.74, 6) is -0.233. The Morgan fingerprint density at radius 3 is 2.70 bits per heavy atom. The molecule has 1 N–H and O–H groups in total. The largest absolute Gasteiger partial charge is 0.482 e. The van der Waals surface area contributed by atoms with Crippen molar-refractivity contribution in [2.75, 3.05) is 11.9 Å². The van der Waals surface area contributed by atoms with Gasteiger partial charge in [0.2, 0.25) is 0 Å². The number of hydrogen-bond acceptors (Lipinski definition) is 5. The van der Waals surface area contributed by atoms with E-state index in [1.807, 2.05) is 6.07 Å². The van der Waals surface area contributed by atoms with Crippen molar-refractivity contribution < 1.29 is 13.9 Å². The first-order valence-electron chi connectivity index (χ1n) is 7.73. The van der Waals surface area contributed by atoms with Crippen molar-refractivity contribution in [3.63, 3.8) is 0 Å². The number of nitrogens with zero attached hydrogens (tertiary/aromatic N) is 1. The summed E-state index contributed by atoms with van der Waals surface area (Å²) in [5, 5.41) is 12.7. The van der Waals surface area contributed by atoms with Gasteiger partial charge in [0, 0.05) is 23.2 Å². The zero-order valence-electron chi connectivity index (χ0n) is 14.0. The molecule has 0 atom stereocenters. The van der Waals surface area contributed by atoms with Crippen LogP contribution in [0.25, 0.3) is 11.0 Å².